The van der Waals surface area contributed by atoms with Crippen molar-refractivity contribution in [1.29, 1.82) is 0 Å². The van der Waals surface area contributed by atoms with Crippen LogP contribution in [0.15, 0.2) is 35.5 Å². The van der Waals surface area contributed by atoms with Crippen LogP contribution in [0.4, 0.5) is 10.5 Å². The van der Waals surface area contributed by atoms with Crippen molar-refractivity contribution in [3.8, 4) is 0 Å². The minimum Gasteiger partial charge on any atom is -0.444 e. The highest BCUT2D eigenvalue weighted by molar-refractivity contribution is 14.0. The van der Waals surface area contributed by atoms with Crippen LogP contribution in [-0.4, -0.2) is 35.7 Å². The molecule has 9 heteroatoms. The van der Waals surface area contributed by atoms with Crippen molar-refractivity contribution in [2.75, 3.05) is 18.4 Å². The number of carbonyl (C=O) groups excluding carboxylic acids is 1. The largest absolute Gasteiger partial charge is 0.444 e. The summed E-state index contributed by atoms with van der Waals surface area (Å²) in [4.78, 5) is 22.1. The van der Waals surface area contributed by atoms with Gasteiger partial charge < -0.3 is 15.4 Å². The Balaban J connectivity index is 0.00000480. The molecule has 0 saturated carbocycles. The van der Waals surface area contributed by atoms with E-state index in [1.807, 2.05) is 58.2 Å². The highest BCUT2D eigenvalue weighted by atomic mass is 127. The van der Waals surface area contributed by atoms with Crippen LogP contribution in [0, 0.1) is 0 Å². The van der Waals surface area contributed by atoms with Crippen LogP contribution in [0.2, 0.25) is 0 Å². The number of ether oxygens (including phenoxy) is 1. The number of aryl methyl sites for hydroxylation is 1. The van der Waals surface area contributed by atoms with Crippen LogP contribution in [0.5, 0.6) is 0 Å². The van der Waals surface area contributed by atoms with E-state index in [1.54, 1.807) is 11.3 Å². The maximum Gasteiger partial charge on any atom is 0.412 e. The predicted octanol–water partition coefficient (Wildman–Crippen LogP) is 4.97. The molecule has 1 heterocycles. The van der Waals surface area contributed by atoms with Gasteiger partial charge in [0.25, 0.3) is 0 Å². The molecule has 1 amide bonds. The number of halogens is 1. The Bertz CT molecular complexity index is 831. The molecular formula is C22H34IN5O2S. The van der Waals surface area contributed by atoms with Crippen LogP contribution < -0.4 is 16.0 Å². The molecule has 172 valence electrons. The molecule has 0 aliphatic carbocycles. The van der Waals surface area contributed by atoms with E-state index in [4.69, 9.17) is 4.74 Å². The molecule has 0 radical (unpaired) electrons. The fraction of sp³-hybridized carbons (Fsp3) is 0.500. The molecular weight excluding hydrogens is 525 g/mol. The highest BCUT2D eigenvalue weighted by Gasteiger charge is 2.16. The topological polar surface area (TPSA) is 87.6 Å². The quantitative estimate of drug-likeness (QED) is 0.242. The van der Waals surface area contributed by atoms with E-state index in [0.29, 0.717) is 12.2 Å². The summed E-state index contributed by atoms with van der Waals surface area (Å²) >= 11 is 1.71. The molecule has 0 spiro atoms. The summed E-state index contributed by atoms with van der Waals surface area (Å²) in [5.74, 6) is 0.786. The molecule has 2 rings (SSSR count). The zero-order valence-corrected chi connectivity index (χ0v) is 22.1. The van der Waals surface area contributed by atoms with Gasteiger partial charge in [-0.1, -0.05) is 19.1 Å². The maximum atomic E-state index is 11.8. The van der Waals surface area contributed by atoms with Crippen LogP contribution >= 0.6 is 35.3 Å². The third-order valence-electron chi connectivity index (χ3n) is 3.97. The zero-order valence-electron chi connectivity index (χ0n) is 18.9. The Kier molecular flexibility index (Phi) is 11.8. The Hall–Kier alpha value is -1.88. The summed E-state index contributed by atoms with van der Waals surface area (Å²) in [7, 11) is 0. The number of anilines is 1. The number of nitrogens with one attached hydrogen (secondary N) is 3. The fourth-order valence-corrected chi connectivity index (χ4v) is 3.36. The standard InChI is InChI=1S/C22H33N5O2S.HI/c1-6-18-14-25-19(30-18)15-26-20(23-7-2)24-13-12-16-8-10-17(11-9-16)27-21(28)29-22(3,4)5;/h8-11,14H,6-7,12-13,15H2,1-5H3,(H,27,28)(H2,23,24,26);1H. The van der Waals surface area contributed by atoms with E-state index in [-0.39, 0.29) is 24.0 Å². The Labute approximate surface area is 206 Å². The summed E-state index contributed by atoms with van der Waals surface area (Å²) in [6.07, 6.45) is 3.33. The molecule has 0 aliphatic rings. The third kappa shape index (κ3) is 10.8. The maximum absolute atomic E-state index is 11.8. The van der Waals surface area contributed by atoms with Crippen LogP contribution in [-0.2, 0) is 24.1 Å². The zero-order chi connectivity index (χ0) is 22.0. The number of carbonyl (C=O) groups is 1. The van der Waals surface area contributed by atoms with Gasteiger partial charge >= 0.3 is 6.09 Å². The minimum absolute atomic E-state index is 0. The molecule has 0 bridgehead atoms. The number of aromatic nitrogens is 1. The number of amides is 1. The van der Waals surface area contributed by atoms with E-state index in [0.717, 1.165) is 36.9 Å². The third-order valence-corrected chi connectivity index (χ3v) is 5.10. The summed E-state index contributed by atoms with van der Waals surface area (Å²) in [5, 5.41) is 10.4. The van der Waals surface area contributed by atoms with Gasteiger partial charge in [-0.15, -0.1) is 35.3 Å². The number of thiazole rings is 1. The summed E-state index contributed by atoms with van der Waals surface area (Å²) < 4.78 is 5.26. The van der Waals surface area contributed by atoms with Gasteiger partial charge in [-0.25, -0.2) is 14.8 Å². The molecule has 7 nitrogen and oxygen atoms in total. The molecule has 0 saturated heterocycles. The lowest BCUT2D eigenvalue weighted by atomic mass is 10.1. The SMILES string of the molecule is CCNC(=NCc1ncc(CC)s1)NCCc1ccc(NC(=O)OC(C)(C)C)cc1.I. The molecule has 31 heavy (non-hydrogen) atoms. The second-order valence-corrected chi connectivity index (χ2v) is 8.97. The number of hydrogen-bond acceptors (Lipinski definition) is 5. The van der Waals surface area contributed by atoms with Gasteiger partial charge in [0.1, 0.15) is 10.6 Å². The molecule has 1 aromatic heterocycles. The van der Waals surface area contributed by atoms with Crippen LogP contribution in [0.3, 0.4) is 0 Å². The van der Waals surface area contributed by atoms with Crippen molar-refractivity contribution in [3.05, 3.63) is 45.9 Å². The van der Waals surface area contributed by atoms with Crippen molar-refractivity contribution < 1.29 is 9.53 Å². The van der Waals surface area contributed by atoms with Crippen molar-refractivity contribution in [1.82, 2.24) is 15.6 Å². The molecule has 0 aliphatic heterocycles. The first-order valence-electron chi connectivity index (χ1n) is 10.3. The normalized spacial score (nSPS) is 11.5. The second-order valence-electron chi connectivity index (χ2n) is 7.77. The van der Waals surface area contributed by atoms with Gasteiger partial charge in [0, 0.05) is 29.9 Å². The Morgan fingerprint density at radius 3 is 2.45 bits per heavy atom. The smallest absolute Gasteiger partial charge is 0.412 e. The van der Waals surface area contributed by atoms with E-state index < -0.39 is 11.7 Å². The average Bonchev–Trinajstić information content (AvgIpc) is 3.14. The summed E-state index contributed by atoms with van der Waals surface area (Å²) in [5.41, 5.74) is 1.37. The average molecular weight is 560 g/mol. The number of rotatable bonds is 8. The summed E-state index contributed by atoms with van der Waals surface area (Å²) in [6, 6.07) is 7.76. The number of guanidine groups is 1. The van der Waals surface area contributed by atoms with Crippen LogP contribution in [0.25, 0.3) is 0 Å². The van der Waals surface area contributed by atoms with Gasteiger partial charge in [-0.2, -0.15) is 0 Å². The van der Waals surface area contributed by atoms with E-state index in [9.17, 15) is 4.79 Å². The van der Waals surface area contributed by atoms with Gasteiger partial charge in [0.15, 0.2) is 5.96 Å². The first-order valence-corrected chi connectivity index (χ1v) is 11.2. The number of benzene rings is 1. The van der Waals surface area contributed by atoms with E-state index in [2.05, 4.69) is 32.9 Å². The molecule has 0 fully saturated rings. The number of aliphatic imine (C=N–C) groups is 1. The molecule has 0 unspecified atom stereocenters. The van der Waals surface area contributed by atoms with Gasteiger partial charge in [-0.3, -0.25) is 5.32 Å². The van der Waals surface area contributed by atoms with Gasteiger partial charge in [-0.05, 0) is 58.2 Å². The predicted molar refractivity (Wildman–Crippen MR) is 140 cm³/mol. The Morgan fingerprint density at radius 2 is 1.87 bits per heavy atom. The lowest BCUT2D eigenvalue weighted by molar-refractivity contribution is 0.0636. The summed E-state index contributed by atoms with van der Waals surface area (Å²) in [6.45, 7) is 11.8. The van der Waals surface area contributed by atoms with Gasteiger partial charge in [0.05, 0.1) is 6.54 Å². The van der Waals surface area contributed by atoms with Crippen LogP contribution in [0.1, 0.15) is 50.1 Å². The molecule has 2 aromatic rings. The first-order chi connectivity index (χ1) is 14.3. The minimum atomic E-state index is -0.515. The number of nitrogens with zero attached hydrogens (tertiary/aromatic N) is 2. The second kappa shape index (κ2) is 13.5. The fourth-order valence-electron chi connectivity index (χ4n) is 2.57. The first kappa shape index (κ1) is 27.2. The monoisotopic (exact) mass is 559 g/mol. The van der Waals surface area contributed by atoms with Crippen molar-refractivity contribution in [3.63, 3.8) is 0 Å². The highest BCUT2D eigenvalue weighted by Crippen LogP contribution is 2.14. The van der Waals surface area contributed by atoms with Gasteiger partial charge in [0.2, 0.25) is 0 Å². The van der Waals surface area contributed by atoms with E-state index in [1.165, 1.54) is 10.4 Å². The van der Waals surface area contributed by atoms with Crippen molar-refractivity contribution in [2.45, 2.75) is 59.6 Å². The van der Waals surface area contributed by atoms with Crippen molar-refractivity contribution in [2.24, 2.45) is 4.99 Å². The number of hydrogen-bond donors (Lipinski definition) is 3. The molecule has 3 N–H and O–H groups in total. The Morgan fingerprint density at radius 1 is 1.16 bits per heavy atom. The van der Waals surface area contributed by atoms with Crippen molar-refractivity contribution >= 4 is 53.1 Å². The lowest BCUT2D eigenvalue weighted by Crippen LogP contribution is -2.38. The molecule has 1 aromatic carbocycles. The molecule has 0 atom stereocenters. The lowest BCUT2D eigenvalue weighted by Gasteiger charge is -2.19. The van der Waals surface area contributed by atoms with E-state index >= 15 is 0 Å².